The third-order valence-electron chi connectivity index (χ3n) is 4.63. The maximum absolute atomic E-state index is 13.7. The van der Waals surface area contributed by atoms with Crippen molar-refractivity contribution in [1.29, 1.82) is 0 Å². The van der Waals surface area contributed by atoms with E-state index in [-0.39, 0.29) is 11.9 Å². The standard InChI is InChI=1S/C21H19FO3/c1-21(2)24-12-16(25-21)11-19-17-6-4-3-5-13(17)9-14-7-8-15(22)10-18(14)20(19)23/h3-8,10-11,16H,9,12H2,1-2H3/b19-11-/t16-/m1/s1. The Kier molecular flexibility index (Phi) is 3.82. The van der Waals surface area contributed by atoms with Crippen LogP contribution in [0.5, 0.6) is 0 Å². The van der Waals surface area contributed by atoms with Gasteiger partial charge in [-0.1, -0.05) is 30.3 Å². The van der Waals surface area contributed by atoms with Gasteiger partial charge in [-0.25, -0.2) is 4.39 Å². The van der Waals surface area contributed by atoms with Crippen LogP contribution in [0.4, 0.5) is 4.39 Å². The van der Waals surface area contributed by atoms with Crippen LogP contribution in [0.25, 0.3) is 5.57 Å². The van der Waals surface area contributed by atoms with E-state index < -0.39 is 11.6 Å². The number of halogens is 1. The molecule has 2 aliphatic rings. The lowest BCUT2D eigenvalue weighted by molar-refractivity contribution is -0.133. The van der Waals surface area contributed by atoms with Gasteiger partial charge in [0.05, 0.1) is 6.61 Å². The molecular weight excluding hydrogens is 319 g/mol. The minimum atomic E-state index is -0.668. The second-order valence-corrected chi connectivity index (χ2v) is 6.91. The molecule has 0 radical (unpaired) electrons. The molecule has 0 N–H and O–H groups in total. The number of carbonyl (C=O) groups excluding carboxylic acids is 1. The lowest BCUT2D eigenvalue weighted by Gasteiger charge is -2.16. The number of hydrogen-bond donors (Lipinski definition) is 0. The highest BCUT2D eigenvalue weighted by atomic mass is 19.1. The molecule has 0 amide bonds. The summed E-state index contributed by atoms with van der Waals surface area (Å²) in [5.41, 5.74) is 3.72. The number of rotatable bonds is 1. The molecule has 0 saturated carbocycles. The third-order valence-corrected chi connectivity index (χ3v) is 4.63. The zero-order chi connectivity index (χ0) is 17.6. The number of allylic oxidation sites excluding steroid dienone is 1. The van der Waals surface area contributed by atoms with Crippen LogP contribution >= 0.6 is 0 Å². The van der Waals surface area contributed by atoms with Gasteiger partial charge in [-0.3, -0.25) is 4.79 Å². The molecule has 4 heteroatoms. The van der Waals surface area contributed by atoms with E-state index in [1.807, 2.05) is 44.2 Å². The normalized spacial score (nSPS) is 23.2. The van der Waals surface area contributed by atoms with Crippen LogP contribution in [0.1, 0.15) is 40.9 Å². The van der Waals surface area contributed by atoms with Crippen LogP contribution in [-0.2, 0) is 15.9 Å². The summed E-state index contributed by atoms with van der Waals surface area (Å²) in [6, 6.07) is 12.2. The number of benzene rings is 2. The number of ketones is 1. The number of Topliss-reactive ketones (excluding diaryl/α,β-unsaturated/α-hetero) is 1. The van der Waals surface area contributed by atoms with Crippen molar-refractivity contribution < 1.29 is 18.7 Å². The average molecular weight is 338 g/mol. The Morgan fingerprint density at radius 1 is 1.12 bits per heavy atom. The van der Waals surface area contributed by atoms with Gasteiger partial charge in [-0.15, -0.1) is 0 Å². The van der Waals surface area contributed by atoms with E-state index in [0.717, 1.165) is 16.7 Å². The number of hydrogen-bond acceptors (Lipinski definition) is 3. The molecule has 0 bridgehead atoms. The summed E-state index contributed by atoms with van der Waals surface area (Å²) in [6.45, 7) is 4.08. The van der Waals surface area contributed by atoms with Gasteiger partial charge in [0.25, 0.3) is 0 Å². The van der Waals surface area contributed by atoms with E-state index >= 15 is 0 Å². The summed E-state index contributed by atoms with van der Waals surface area (Å²) in [5.74, 6) is -1.24. The van der Waals surface area contributed by atoms with Crippen LogP contribution in [0.3, 0.4) is 0 Å². The van der Waals surface area contributed by atoms with E-state index in [9.17, 15) is 9.18 Å². The predicted octanol–water partition coefficient (Wildman–Crippen LogP) is 4.15. The van der Waals surface area contributed by atoms with Gasteiger partial charge in [0.15, 0.2) is 11.6 Å². The largest absolute Gasteiger partial charge is 0.347 e. The summed E-state index contributed by atoms with van der Waals surface area (Å²) in [4.78, 5) is 13.2. The molecule has 1 fully saturated rings. The summed E-state index contributed by atoms with van der Waals surface area (Å²) < 4.78 is 25.2. The van der Waals surface area contributed by atoms with Crippen molar-refractivity contribution in [3.05, 3.63) is 76.6 Å². The first-order valence-corrected chi connectivity index (χ1v) is 8.38. The van der Waals surface area contributed by atoms with Gasteiger partial charge in [0, 0.05) is 11.1 Å². The van der Waals surface area contributed by atoms with Crippen LogP contribution < -0.4 is 0 Å². The van der Waals surface area contributed by atoms with E-state index in [1.54, 1.807) is 6.07 Å². The van der Waals surface area contributed by atoms with Gasteiger partial charge in [-0.2, -0.15) is 0 Å². The Hall–Kier alpha value is -2.30. The molecule has 4 rings (SSSR count). The summed E-state index contributed by atoms with van der Waals surface area (Å²) in [6.07, 6.45) is 2.11. The van der Waals surface area contributed by atoms with Crippen molar-refractivity contribution in [2.24, 2.45) is 0 Å². The number of ether oxygens (including phenoxy) is 2. The highest BCUT2D eigenvalue weighted by Gasteiger charge is 2.33. The summed E-state index contributed by atoms with van der Waals surface area (Å²) >= 11 is 0. The third kappa shape index (κ3) is 3.03. The quantitative estimate of drug-likeness (QED) is 0.733. The maximum atomic E-state index is 13.7. The van der Waals surface area contributed by atoms with E-state index in [2.05, 4.69) is 0 Å². The molecule has 1 saturated heterocycles. The second kappa shape index (κ2) is 5.90. The summed E-state index contributed by atoms with van der Waals surface area (Å²) in [5, 5.41) is 0. The van der Waals surface area contributed by atoms with Crippen molar-refractivity contribution in [2.75, 3.05) is 6.61 Å². The fourth-order valence-electron chi connectivity index (χ4n) is 3.47. The number of fused-ring (bicyclic) bond motifs is 2. The topological polar surface area (TPSA) is 35.5 Å². The lowest BCUT2D eigenvalue weighted by atomic mass is 9.95. The fourth-order valence-corrected chi connectivity index (χ4v) is 3.47. The van der Waals surface area contributed by atoms with Crippen LogP contribution in [0, 0.1) is 5.82 Å². The predicted molar refractivity (Wildman–Crippen MR) is 92.9 cm³/mol. The molecule has 25 heavy (non-hydrogen) atoms. The van der Waals surface area contributed by atoms with Crippen LogP contribution in [-0.4, -0.2) is 24.3 Å². The molecule has 1 aliphatic heterocycles. The smallest absolute Gasteiger partial charge is 0.193 e. The van der Waals surface area contributed by atoms with Crippen LogP contribution in [0.2, 0.25) is 0 Å². The monoisotopic (exact) mass is 338 g/mol. The molecular formula is C21H19FO3. The minimum Gasteiger partial charge on any atom is -0.347 e. The highest BCUT2D eigenvalue weighted by molar-refractivity contribution is 6.30. The summed E-state index contributed by atoms with van der Waals surface area (Å²) in [7, 11) is 0. The molecule has 1 aliphatic carbocycles. The van der Waals surface area contributed by atoms with Crippen molar-refractivity contribution in [3.63, 3.8) is 0 Å². The van der Waals surface area contributed by atoms with Crippen molar-refractivity contribution in [1.82, 2.24) is 0 Å². The van der Waals surface area contributed by atoms with E-state index in [4.69, 9.17) is 9.47 Å². The first-order chi connectivity index (χ1) is 11.9. The molecule has 2 aromatic rings. The van der Waals surface area contributed by atoms with Gasteiger partial charge < -0.3 is 9.47 Å². The van der Waals surface area contributed by atoms with Crippen molar-refractivity contribution in [3.8, 4) is 0 Å². The molecule has 0 spiro atoms. The molecule has 1 heterocycles. The van der Waals surface area contributed by atoms with Gasteiger partial charge in [0.2, 0.25) is 0 Å². The Bertz CT molecular complexity index is 882. The van der Waals surface area contributed by atoms with Gasteiger partial charge in [0.1, 0.15) is 11.9 Å². The number of carbonyl (C=O) groups is 1. The second-order valence-electron chi connectivity index (χ2n) is 6.91. The zero-order valence-corrected chi connectivity index (χ0v) is 14.2. The van der Waals surface area contributed by atoms with E-state index in [1.165, 1.54) is 12.1 Å². The van der Waals surface area contributed by atoms with Gasteiger partial charge >= 0.3 is 0 Å². The zero-order valence-electron chi connectivity index (χ0n) is 14.2. The first kappa shape index (κ1) is 16.2. The minimum absolute atomic E-state index is 0.173. The van der Waals surface area contributed by atoms with E-state index in [0.29, 0.717) is 24.2 Å². The molecule has 0 unspecified atom stereocenters. The van der Waals surface area contributed by atoms with Gasteiger partial charge in [-0.05, 0) is 55.2 Å². The SMILES string of the molecule is CC1(C)OC[C@@H](/C=C2\C(=O)c3cc(F)ccc3Cc3ccccc32)O1. The van der Waals surface area contributed by atoms with Crippen molar-refractivity contribution >= 4 is 11.4 Å². The highest BCUT2D eigenvalue weighted by Crippen LogP contribution is 2.33. The maximum Gasteiger partial charge on any atom is 0.193 e. The average Bonchev–Trinajstić information content (AvgIpc) is 2.87. The Balaban J connectivity index is 1.85. The fraction of sp³-hybridized carbons (Fsp3) is 0.286. The van der Waals surface area contributed by atoms with Crippen LogP contribution in [0.15, 0.2) is 48.5 Å². The first-order valence-electron chi connectivity index (χ1n) is 8.38. The molecule has 2 aromatic carbocycles. The van der Waals surface area contributed by atoms with Crippen molar-refractivity contribution in [2.45, 2.75) is 32.2 Å². The Morgan fingerprint density at radius 3 is 2.64 bits per heavy atom. The molecule has 0 aromatic heterocycles. The Morgan fingerprint density at radius 2 is 1.88 bits per heavy atom. The molecule has 3 nitrogen and oxygen atoms in total. The Labute approximate surface area is 146 Å². The lowest BCUT2D eigenvalue weighted by Crippen LogP contribution is -2.21. The molecule has 1 atom stereocenters. The molecule has 128 valence electrons.